The molecule has 0 aliphatic carbocycles. The molecule has 2 aromatic rings. The van der Waals surface area contributed by atoms with Crippen LogP contribution in [0.15, 0.2) is 30.3 Å². The Kier molecular flexibility index (Phi) is 6.26. The van der Waals surface area contributed by atoms with Crippen LogP contribution in [0.4, 0.5) is 5.69 Å². The van der Waals surface area contributed by atoms with E-state index in [1.807, 2.05) is 19.1 Å². The van der Waals surface area contributed by atoms with Crippen molar-refractivity contribution in [2.24, 2.45) is 0 Å². The van der Waals surface area contributed by atoms with Gasteiger partial charge in [-0.2, -0.15) is 0 Å². The summed E-state index contributed by atoms with van der Waals surface area (Å²) in [5.74, 6) is 1.64. The van der Waals surface area contributed by atoms with Crippen LogP contribution in [-0.4, -0.2) is 39.7 Å². The van der Waals surface area contributed by atoms with Crippen molar-refractivity contribution < 1.29 is 23.8 Å². The molecule has 0 saturated carbocycles. The van der Waals surface area contributed by atoms with Gasteiger partial charge in [-0.05, 0) is 36.2 Å². The second kappa shape index (κ2) is 8.86. The number of fused-ring (bicyclic) bond motifs is 1. The Morgan fingerprint density at radius 2 is 1.69 bits per heavy atom. The van der Waals surface area contributed by atoms with Gasteiger partial charge in [0, 0.05) is 42.4 Å². The van der Waals surface area contributed by atoms with Gasteiger partial charge in [-0.15, -0.1) is 0 Å². The van der Waals surface area contributed by atoms with Gasteiger partial charge in [-0.3, -0.25) is 9.59 Å². The Labute approximate surface area is 170 Å². The highest BCUT2D eigenvalue weighted by molar-refractivity contribution is 5.98. The Bertz CT molecular complexity index is 926. The van der Waals surface area contributed by atoms with Crippen LogP contribution >= 0.6 is 0 Å². The highest BCUT2D eigenvalue weighted by Gasteiger charge is 2.24. The minimum atomic E-state index is -0.190. The molecule has 0 unspecified atom stereocenters. The van der Waals surface area contributed by atoms with Gasteiger partial charge in [0.2, 0.25) is 5.91 Å². The zero-order valence-corrected chi connectivity index (χ0v) is 17.2. The first-order chi connectivity index (χ1) is 14.0. The molecular weight excluding hydrogens is 372 g/mol. The van der Waals surface area contributed by atoms with Gasteiger partial charge >= 0.3 is 0 Å². The van der Waals surface area contributed by atoms with E-state index in [0.717, 1.165) is 23.2 Å². The maximum atomic E-state index is 12.7. The molecule has 1 N–H and O–H groups in total. The summed E-state index contributed by atoms with van der Waals surface area (Å²) in [4.78, 5) is 26.5. The highest BCUT2D eigenvalue weighted by Crippen LogP contribution is 2.34. The van der Waals surface area contributed by atoms with Crippen LogP contribution in [0.25, 0.3) is 0 Å². The maximum absolute atomic E-state index is 12.7. The lowest BCUT2D eigenvalue weighted by Crippen LogP contribution is -2.27. The lowest BCUT2D eigenvalue weighted by atomic mass is 10.1. The summed E-state index contributed by atoms with van der Waals surface area (Å²) >= 11 is 0. The molecule has 1 heterocycles. The van der Waals surface area contributed by atoms with Crippen molar-refractivity contribution in [1.29, 1.82) is 0 Å². The van der Waals surface area contributed by atoms with E-state index < -0.39 is 0 Å². The molecule has 0 aromatic heterocycles. The van der Waals surface area contributed by atoms with E-state index in [-0.39, 0.29) is 18.4 Å². The monoisotopic (exact) mass is 398 g/mol. The quantitative estimate of drug-likeness (QED) is 0.776. The number of nitrogens with one attached hydrogen (secondary N) is 1. The molecule has 2 aromatic carbocycles. The molecule has 29 heavy (non-hydrogen) atoms. The van der Waals surface area contributed by atoms with E-state index in [2.05, 4.69) is 5.32 Å². The van der Waals surface area contributed by atoms with Crippen LogP contribution in [0, 0.1) is 0 Å². The van der Waals surface area contributed by atoms with Crippen molar-refractivity contribution in [2.75, 3.05) is 32.8 Å². The number of benzene rings is 2. The first-order valence-electron chi connectivity index (χ1n) is 9.52. The fourth-order valence-corrected chi connectivity index (χ4v) is 3.50. The third kappa shape index (κ3) is 4.13. The van der Waals surface area contributed by atoms with Crippen LogP contribution in [0.3, 0.4) is 0 Å². The van der Waals surface area contributed by atoms with Crippen LogP contribution in [0.1, 0.15) is 34.8 Å². The van der Waals surface area contributed by atoms with Crippen molar-refractivity contribution >= 4 is 17.5 Å². The van der Waals surface area contributed by atoms with E-state index in [4.69, 9.17) is 14.2 Å². The molecule has 7 heteroatoms. The third-order valence-corrected chi connectivity index (χ3v) is 5.07. The standard InChI is InChI=1S/C22H26N2O5/c1-5-21(25)24-9-8-14-10-15(6-7-17(14)24)22(26)23-13-16-11-19(28-3)20(29-4)12-18(16)27-2/h6-7,10-12H,5,8-9,13H2,1-4H3,(H,23,26). The first kappa shape index (κ1) is 20.5. The molecule has 3 rings (SSSR count). The van der Waals surface area contributed by atoms with E-state index in [1.54, 1.807) is 44.4 Å². The Morgan fingerprint density at radius 3 is 2.34 bits per heavy atom. The molecule has 154 valence electrons. The molecule has 0 bridgehead atoms. The van der Waals surface area contributed by atoms with Gasteiger partial charge in [0.1, 0.15) is 5.75 Å². The van der Waals surface area contributed by atoms with E-state index in [1.165, 1.54) is 0 Å². The summed E-state index contributed by atoms with van der Waals surface area (Å²) in [6.45, 7) is 2.79. The van der Waals surface area contributed by atoms with Gasteiger partial charge in [0.25, 0.3) is 5.91 Å². The predicted molar refractivity (Wildman–Crippen MR) is 110 cm³/mol. The topological polar surface area (TPSA) is 77.1 Å². The zero-order chi connectivity index (χ0) is 21.0. The number of hydrogen-bond acceptors (Lipinski definition) is 5. The van der Waals surface area contributed by atoms with Gasteiger partial charge in [-0.1, -0.05) is 6.92 Å². The molecule has 0 fully saturated rings. The Hall–Kier alpha value is -3.22. The molecule has 2 amide bonds. The average Bonchev–Trinajstić information content (AvgIpc) is 3.19. The maximum Gasteiger partial charge on any atom is 0.251 e. The van der Waals surface area contributed by atoms with Gasteiger partial charge in [0.05, 0.1) is 21.3 Å². The fraction of sp³-hybridized carbons (Fsp3) is 0.364. The van der Waals surface area contributed by atoms with Crippen LogP contribution in [-0.2, 0) is 17.8 Å². The number of anilines is 1. The number of methoxy groups -OCH3 is 3. The smallest absolute Gasteiger partial charge is 0.251 e. The minimum absolute atomic E-state index is 0.0986. The number of rotatable bonds is 7. The molecule has 0 radical (unpaired) electrons. The number of nitrogens with zero attached hydrogens (tertiary/aromatic N) is 1. The molecule has 0 saturated heterocycles. The summed E-state index contributed by atoms with van der Waals surface area (Å²) in [5.41, 5.74) is 3.26. The van der Waals surface area contributed by atoms with Crippen LogP contribution < -0.4 is 24.4 Å². The summed E-state index contributed by atoms with van der Waals surface area (Å²) in [6.07, 6.45) is 1.22. The van der Waals surface area contributed by atoms with Crippen molar-refractivity contribution in [3.63, 3.8) is 0 Å². The Balaban J connectivity index is 1.74. The summed E-state index contributed by atoms with van der Waals surface area (Å²) in [5, 5.41) is 2.92. The highest BCUT2D eigenvalue weighted by atomic mass is 16.5. The van der Waals surface area contributed by atoms with E-state index >= 15 is 0 Å². The molecule has 1 aliphatic rings. The van der Waals surface area contributed by atoms with E-state index in [9.17, 15) is 9.59 Å². The van der Waals surface area contributed by atoms with Crippen molar-refractivity contribution in [2.45, 2.75) is 26.3 Å². The van der Waals surface area contributed by atoms with E-state index in [0.29, 0.717) is 35.8 Å². The zero-order valence-electron chi connectivity index (χ0n) is 17.2. The Morgan fingerprint density at radius 1 is 1.00 bits per heavy atom. The lowest BCUT2D eigenvalue weighted by Gasteiger charge is -2.17. The van der Waals surface area contributed by atoms with Crippen LogP contribution in [0.2, 0.25) is 0 Å². The normalized spacial score (nSPS) is 12.3. The van der Waals surface area contributed by atoms with Crippen LogP contribution in [0.5, 0.6) is 17.2 Å². The number of carbonyl (C=O) groups excluding carboxylic acids is 2. The third-order valence-electron chi connectivity index (χ3n) is 5.07. The number of carbonyl (C=O) groups is 2. The number of ether oxygens (including phenoxy) is 3. The van der Waals surface area contributed by atoms with Gasteiger partial charge < -0.3 is 24.4 Å². The van der Waals surface area contributed by atoms with Crippen molar-refractivity contribution in [3.05, 3.63) is 47.0 Å². The van der Waals surface area contributed by atoms with Crippen molar-refractivity contribution in [3.8, 4) is 17.2 Å². The molecule has 0 spiro atoms. The molecule has 0 atom stereocenters. The van der Waals surface area contributed by atoms with Gasteiger partial charge in [-0.25, -0.2) is 0 Å². The number of hydrogen-bond donors (Lipinski definition) is 1. The van der Waals surface area contributed by atoms with Gasteiger partial charge in [0.15, 0.2) is 11.5 Å². The SMILES string of the molecule is CCC(=O)N1CCc2cc(C(=O)NCc3cc(OC)c(OC)cc3OC)ccc21. The number of amides is 2. The predicted octanol–water partition coefficient (Wildman–Crippen LogP) is 2.94. The first-order valence-corrected chi connectivity index (χ1v) is 9.52. The molecule has 1 aliphatic heterocycles. The summed E-state index contributed by atoms with van der Waals surface area (Å²) < 4.78 is 16.0. The van der Waals surface area contributed by atoms with Crippen molar-refractivity contribution in [1.82, 2.24) is 5.32 Å². The largest absolute Gasteiger partial charge is 0.496 e. The average molecular weight is 398 g/mol. The second-order valence-corrected chi connectivity index (χ2v) is 6.69. The second-order valence-electron chi connectivity index (χ2n) is 6.69. The molecule has 7 nitrogen and oxygen atoms in total. The fourth-order valence-electron chi connectivity index (χ4n) is 3.50. The lowest BCUT2D eigenvalue weighted by molar-refractivity contribution is -0.118. The molecular formula is C22H26N2O5. The summed E-state index contributed by atoms with van der Waals surface area (Å²) in [6, 6.07) is 8.98. The minimum Gasteiger partial charge on any atom is -0.496 e. The summed E-state index contributed by atoms with van der Waals surface area (Å²) in [7, 11) is 4.68.